The fourth-order valence-electron chi connectivity index (χ4n) is 2.05. The molecule has 1 atom stereocenters. The number of benzene rings is 1. The average molecular weight is 286 g/mol. The highest BCUT2D eigenvalue weighted by molar-refractivity contribution is 7.98. The van der Waals surface area contributed by atoms with Gasteiger partial charge >= 0.3 is 0 Å². The van der Waals surface area contributed by atoms with E-state index in [4.69, 9.17) is 11.6 Å². The molecule has 102 valence electrons. The van der Waals surface area contributed by atoms with Crippen molar-refractivity contribution in [3.8, 4) is 0 Å². The Hall–Kier alpha value is -0.180. The molecule has 0 fully saturated rings. The largest absolute Gasteiger partial charge is 0.310 e. The van der Waals surface area contributed by atoms with Crippen LogP contribution in [-0.4, -0.2) is 18.6 Å². The first-order chi connectivity index (χ1) is 8.77. The summed E-state index contributed by atoms with van der Waals surface area (Å²) < 4.78 is 0. The van der Waals surface area contributed by atoms with E-state index in [-0.39, 0.29) is 0 Å². The fraction of sp³-hybridized carbons (Fsp3) is 0.600. The van der Waals surface area contributed by atoms with Gasteiger partial charge in [0, 0.05) is 11.1 Å². The molecule has 1 unspecified atom stereocenters. The van der Waals surface area contributed by atoms with Crippen LogP contribution in [0, 0.1) is 0 Å². The molecule has 1 aromatic carbocycles. The van der Waals surface area contributed by atoms with Gasteiger partial charge in [-0.3, -0.25) is 0 Å². The predicted molar refractivity (Wildman–Crippen MR) is 84.7 cm³/mol. The number of nitrogens with one attached hydrogen (secondary N) is 1. The minimum absolute atomic E-state index is 0.434. The molecule has 0 bridgehead atoms. The Morgan fingerprint density at radius 3 is 2.78 bits per heavy atom. The third-order valence-corrected chi connectivity index (χ3v) is 4.01. The van der Waals surface area contributed by atoms with Gasteiger partial charge in [-0.1, -0.05) is 37.1 Å². The van der Waals surface area contributed by atoms with Gasteiger partial charge in [0.05, 0.1) is 0 Å². The Bertz CT molecular complexity index is 330. The summed E-state index contributed by atoms with van der Waals surface area (Å²) in [6, 6.07) is 8.61. The first-order valence-corrected chi connectivity index (χ1v) is 8.53. The molecule has 3 heteroatoms. The monoisotopic (exact) mass is 285 g/mol. The molecular weight excluding hydrogens is 262 g/mol. The van der Waals surface area contributed by atoms with Crippen molar-refractivity contribution < 1.29 is 0 Å². The topological polar surface area (TPSA) is 12.0 Å². The molecule has 0 heterocycles. The lowest BCUT2D eigenvalue weighted by molar-refractivity contribution is 0.502. The zero-order valence-corrected chi connectivity index (χ0v) is 13.0. The molecule has 1 aromatic rings. The van der Waals surface area contributed by atoms with E-state index in [0.717, 1.165) is 18.0 Å². The van der Waals surface area contributed by atoms with Crippen LogP contribution in [-0.2, 0) is 0 Å². The Labute approximate surface area is 121 Å². The maximum absolute atomic E-state index is 6.03. The molecule has 0 spiro atoms. The van der Waals surface area contributed by atoms with Crippen molar-refractivity contribution in [2.75, 3.05) is 18.6 Å². The summed E-state index contributed by atoms with van der Waals surface area (Å²) in [5.74, 6) is 1.28. The first-order valence-electron chi connectivity index (χ1n) is 6.75. The third-order valence-electron chi connectivity index (χ3n) is 3.08. The maximum atomic E-state index is 6.03. The summed E-state index contributed by atoms with van der Waals surface area (Å²) in [5.41, 5.74) is 1.30. The van der Waals surface area contributed by atoms with Crippen LogP contribution in [0.3, 0.4) is 0 Å². The van der Waals surface area contributed by atoms with Crippen molar-refractivity contribution in [3.05, 3.63) is 34.9 Å². The van der Waals surface area contributed by atoms with E-state index in [0.29, 0.717) is 6.04 Å². The fourth-order valence-corrected chi connectivity index (χ4v) is 2.74. The maximum Gasteiger partial charge on any atom is 0.0409 e. The summed E-state index contributed by atoms with van der Waals surface area (Å²) >= 11 is 7.97. The van der Waals surface area contributed by atoms with Crippen LogP contribution in [0.1, 0.15) is 44.2 Å². The van der Waals surface area contributed by atoms with E-state index < -0.39 is 0 Å². The van der Waals surface area contributed by atoms with Crippen LogP contribution in [0.25, 0.3) is 0 Å². The van der Waals surface area contributed by atoms with Crippen LogP contribution in [0.5, 0.6) is 0 Å². The molecule has 0 amide bonds. The summed E-state index contributed by atoms with van der Waals surface area (Å²) in [7, 11) is 0. The Kier molecular flexibility index (Phi) is 8.57. The Morgan fingerprint density at radius 2 is 2.11 bits per heavy atom. The van der Waals surface area contributed by atoms with Crippen LogP contribution in [0.2, 0.25) is 5.02 Å². The zero-order chi connectivity index (χ0) is 13.2. The molecule has 0 radical (unpaired) electrons. The summed E-state index contributed by atoms with van der Waals surface area (Å²) in [5, 5.41) is 4.45. The summed E-state index contributed by atoms with van der Waals surface area (Å²) in [6.45, 7) is 3.31. The van der Waals surface area contributed by atoms with E-state index in [1.54, 1.807) is 0 Å². The molecule has 1 nitrogen and oxygen atoms in total. The molecule has 18 heavy (non-hydrogen) atoms. The minimum atomic E-state index is 0.434. The van der Waals surface area contributed by atoms with Gasteiger partial charge in [0.2, 0.25) is 0 Å². The number of rotatable bonds is 9. The van der Waals surface area contributed by atoms with E-state index >= 15 is 0 Å². The van der Waals surface area contributed by atoms with Gasteiger partial charge in [-0.2, -0.15) is 11.8 Å². The van der Waals surface area contributed by atoms with Crippen molar-refractivity contribution in [1.82, 2.24) is 5.32 Å². The van der Waals surface area contributed by atoms with Gasteiger partial charge in [-0.15, -0.1) is 0 Å². The highest BCUT2D eigenvalue weighted by Gasteiger charge is 2.08. The quantitative estimate of drug-likeness (QED) is 0.647. The standard InChI is InChI=1S/C15H24ClNS/c1-3-15(13-8-7-9-14(16)12-13)17-10-5-4-6-11-18-2/h7-9,12,15,17H,3-6,10-11H2,1-2H3. The molecule has 0 aliphatic carbocycles. The molecule has 0 aromatic heterocycles. The number of hydrogen-bond donors (Lipinski definition) is 1. The Morgan fingerprint density at radius 1 is 1.28 bits per heavy atom. The van der Waals surface area contributed by atoms with Crippen molar-refractivity contribution in [2.24, 2.45) is 0 Å². The van der Waals surface area contributed by atoms with Crippen LogP contribution < -0.4 is 5.32 Å². The van der Waals surface area contributed by atoms with Gasteiger partial charge in [-0.05, 0) is 55.5 Å². The zero-order valence-electron chi connectivity index (χ0n) is 11.4. The van der Waals surface area contributed by atoms with Gasteiger partial charge < -0.3 is 5.32 Å². The molecule has 0 saturated heterocycles. The highest BCUT2D eigenvalue weighted by Crippen LogP contribution is 2.20. The minimum Gasteiger partial charge on any atom is -0.310 e. The van der Waals surface area contributed by atoms with E-state index in [9.17, 15) is 0 Å². The van der Waals surface area contributed by atoms with E-state index in [1.807, 2.05) is 23.9 Å². The molecular formula is C15H24ClNS. The van der Waals surface area contributed by atoms with Gasteiger partial charge in [0.1, 0.15) is 0 Å². The molecule has 0 aliphatic rings. The molecule has 1 N–H and O–H groups in total. The second-order valence-electron chi connectivity index (χ2n) is 4.52. The van der Waals surface area contributed by atoms with Crippen LogP contribution in [0.4, 0.5) is 0 Å². The van der Waals surface area contributed by atoms with Gasteiger partial charge in [0.15, 0.2) is 0 Å². The number of unbranched alkanes of at least 4 members (excludes halogenated alkanes) is 2. The van der Waals surface area contributed by atoms with Crippen molar-refractivity contribution in [2.45, 2.75) is 38.6 Å². The SMILES string of the molecule is CCC(NCCCCCSC)c1cccc(Cl)c1. The van der Waals surface area contributed by atoms with E-state index in [2.05, 4.69) is 30.6 Å². The van der Waals surface area contributed by atoms with Gasteiger partial charge in [0.25, 0.3) is 0 Å². The predicted octanol–water partition coefficient (Wildman–Crippen LogP) is 4.91. The number of hydrogen-bond acceptors (Lipinski definition) is 2. The lowest BCUT2D eigenvalue weighted by Crippen LogP contribution is -2.21. The third kappa shape index (κ3) is 6.12. The molecule has 0 saturated carbocycles. The van der Waals surface area contributed by atoms with Crippen molar-refractivity contribution in [1.29, 1.82) is 0 Å². The Balaban J connectivity index is 2.29. The average Bonchev–Trinajstić information content (AvgIpc) is 2.38. The van der Waals surface area contributed by atoms with Crippen molar-refractivity contribution >= 4 is 23.4 Å². The number of halogens is 1. The molecule has 0 aliphatic heterocycles. The first kappa shape index (κ1) is 15.9. The number of thioether (sulfide) groups is 1. The smallest absolute Gasteiger partial charge is 0.0409 e. The van der Waals surface area contributed by atoms with Crippen LogP contribution in [0.15, 0.2) is 24.3 Å². The summed E-state index contributed by atoms with van der Waals surface area (Å²) in [4.78, 5) is 0. The second-order valence-corrected chi connectivity index (χ2v) is 5.95. The normalized spacial score (nSPS) is 12.6. The second kappa shape index (κ2) is 9.71. The van der Waals surface area contributed by atoms with Gasteiger partial charge in [-0.25, -0.2) is 0 Å². The summed E-state index contributed by atoms with van der Waals surface area (Å²) in [6.07, 6.45) is 7.18. The lowest BCUT2D eigenvalue weighted by atomic mass is 10.0. The highest BCUT2D eigenvalue weighted by atomic mass is 35.5. The van der Waals surface area contributed by atoms with Crippen LogP contribution >= 0.6 is 23.4 Å². The van der Waals surface area contributed by atoms with E-state index in [1.165, 1.54) is 30.6 Å². The van der Waals surface area contributed by atoms with Crippen molar-refractivity contribution in [3.63, 3.8) is 0 Å². The lowest BCUT2D eigenvalue weighted by Gasteiger charge is -2.17. The molecule has 1 rings (SSSR count).